The van der Waals surface area contributed by atoms with Crippen molar-refractivity contribution in [2.45, 2.75) is 33.1 Å². The molecule has 0 saturated heterocycles. The smallest absolute Gasteiger partial charge is 0.0897 e. The van der Waals surface area contributed by atoms with Gasteiger partial charge in [0.1, 0.15) is 0 Å². The monoisotopic (exact) mass is 259 g/mol. The van der Waals surface area contributed by atoms with Gasteiger partial charge in [-0.05, 0) is 23.6 Å². The van der Waals surface area contributed by atoms with Gasteiger partial charge < -0.3 is 10.6 Å². The molecular formula is C14H17N3S. The van der Waals surface area contributed by atoms with Crippen LogP contribution in [-0.4, -0.2) is 4.98 Å². The van der Waals surface area contributed by atoms with Crippen molar-refractivity contribution in [3.63, 3.8) is 0 Å². The molecule has 0 saturated carbocycles. The Balaban J connectivity index is 1.57. The molecule has 1 aromatic heterocycles. The molecule has 2 aromatic rings. The van der Waals surface area contributed by atoms with E-state index < -0.39 is 0 Å². The van der Waals surface area contributed by atoms with E-state index in [-0.39, 0.29) is 0 Å². The minimum absolute atomic E-state index is 0.847. The van der Waals surface area contributed by atoms with Crippen LogP contribution in [0.25, 0.3) is 0 Å². The number of nitrogens with one attached hydrogen (secondary N) is 2. The highest BCUT2D eigenvalue weighted by atomic mass is 32.1. The Hall–Kier alpha value is -1.23. The molecular weight excluding hydrogens is 242 g/mol. The largest absolute Gasteiger partial charge is 0.309 e. The quantitative estimate of drug-likeness (QED) is 0.885. The number of hydrogen-bond donors (Lipinski definition) is 2. The van der Waals surface area contributed by atoms with E-state index in [0.717, 1.165) is 36.9 Å². The van der Waals surface area contributed by atoms with Crippen LogP contribution in [0.5, 0.6) is 0 Å². The maximum Gasteiger partial charge on any atom is 0.0897 e. The molecule has 0 spiro atoms. The second kappa shape index (κ2) is 5.18. The molecule has 18 heavy (non-hydrogen) atoms. The molecule has 2 N–H and O–H groups in total. The summed E-state index contributed by atoms with van der Waals surface area (Å²) in [6.45, 7) is 5.82. The molecule has 3 nitrogen and oxygen atoms in total. The average Bonchev–Trinajstić information content (AvgIpc) is 2.97. The van der Waals surface area contributed by atoms with Gasteiger partial charge in [0, 0.05) is 31.6 Å². The summed E-state index contributed by atoms with van der Waals surface area (Å²) < 4.78 is 0. The Morgan fingerprint density at radius 2 is 2.17 bits per heavy atom. The number of fused-ring (bicyclic) bond motifs is 1. The van der Waals surface area contributed by atoms with Crippen molar-refractivity contribution in [2.75, 3.05) is 0 Å². The van der Waals surface area contributed by atoms with Crippen molar-refractivity contribution in [1.29, 1.82) is 0 Å². The molecule has 2 heterocycles. The highest BCUT2D eigenvalue weighted by Crippen LogP contribution is 2.17. The van der Waals surface area contributed by atoms with E-state index >= 15 is 0 Å². The molecule has 0 bridgehead atoms. The molecule has 0 amide bonds. The Bertz CT molecular complexity index is 548. The first-order valence-corrected chi connectivity index (χ1v) is 7.12. The van der Waals surface area contributed by atoms with Crippen LogP contribution in [0.2, 0.25) is 0 Å². The Morgan fingerprint density at radius 3 is 3.00 bits per heavy atom. The Labute approximate surface area is 111 Å². The van der Waals surface area contributed by atoms with E-state index in [4.69, 9.17) is 0 Å². The van der Waals surface area contributed by atoms with Crippen molar-refractivity contribution in [2.24, 2.45) is 0 Å². The Morgan fingerprint density at radius 1 is 1.28 bits per heavy atom. The number of rotatable bonds is 4. The van der Waals surface area contributed by atoms with Gasteiger partial charge in [-0.15, -0.1) is 11.3 Å². The van der Waals surface area contributed by atoms with Gasteiger partial charge in [-0.2, -0.15) is 0 Å². The molecule has 94 valence electrons. The summed E-state index contributed by atoms with van der Waals surface area (Å²) in [4.78, 5) is 4.45. The second-order valence-corrected chi connectivity index (χ2v) is 5.73. The summed E-state index contributed by atoms with van der Waals surface area (Å²) in [7, 11) is 0. The molecule has 0 radical (unpaired) electrons. The van der Waals surface area contributed by atoms with Crippen molar-refractivity contribution in [3.8, 4) is 0 Å². The first-order valence-electron chi connectivity index (χ1n) is 6.24. The fraction of sp³-hybridized carbons (Fsp3) is 0.357. The van der Waals surface area contributed by atoms with Crippen LogP contribution in [0.3, 0.4) is 0 Å². The summed E-state index contributed by atoms with van der Waals surface area (Å²) in [5, 5.41) is 10.1. The predicted molar refractivity (Wildman–Crippen MR) is 74.4 cm³/mol. The maximum absolute atomic E-state index is 4.45. The zero-order valence-corrected chi connectivity index (χ0v) is 11.3. The van der Waals surface area contributed by atoms with Crippen molar-refractivity contribution in [3.05, 3.63) is 51.0 Å². The lowest BCUT2D eigenvalue weighted by molar-refractivity contribution is 0.681. The summed E-state index contributed by atoms with van der Waals surface area (Å²) in [5.74, 6) is 0. The van der Waals surface area contributed by atoms with E-state index in [0.29, 0.717) is 0 Å². The number of aryl methyl sites for hydroxylation is 1. The highest BCUT2D eigenvalue weighted by Gasteiger charge is 2.09. The molecule has 4 heteroatoms. The third-order valence-electron chi connectivity index (χ3n) is 3.20. The number of thiazole rings is 1. The molecule has 0 aliphatic carbocycles. The third kappa shape index (κ3) is 2.61. The van der Waals surface area contributed by atoms with E-state index in [9.17, 15) is 0 Å². The molecule has 0 unspecified atom stereocenters. The lowest BCUT2D eigenvalue weighted by atomic mass is 10.1. The van der Waals surface area contributed by atoms with E-state index in [1.54, 1.807) is 11.3 Å². The van der Waals surface area contributed by atoms with E-state index in [1.165, 1.54) is 16.7 Å². The Kier molecular flexibility index (Phi) is 3.41. The van der Waals surface area contributed by atoms with Crippen LogP contribution >= 0.6 is 11.3 Å². The van der Waals surface area contributed by atoms with Crippen LogP contribution in [0.1, 0.15) is 27.4 Å². The standard InChI is InChI=1S/C14H17N3S/c1-10-17-14(9-18-10)8-15-5-11-2-3-12-6-16-7-13(12)4-11/h2-4,9,15-16H,5-8H2,1H3. The summed E-state index contributed by atoms with van der Waals surface area (Å²) >= 11 is 1.71. The first-order chi connectivity index (χ1) is 8.81. The molecule has 0 fully saturated rings. The summed E-state index contributed by atoms with van der Waals surface area (Å²) in [5.41, 5.74) is 5.37. The fourth-order valence-corrected chi connectivity index (χ4v) is 2.90. The van der Waals surface area contributed by atoms with Gasteiger partial charge in [0.2, 0.25) is 0 Å². The maximum atomic E-state index is 4.45. The van der Waals surface area contributed by atoms with Crippen molar-refractivity contribution in [1.82, 2.24) is 15.6 Å². The van der Waals surface area contributed by atoms with Gasteiger partial charge >= 0.3 is 0 Å². The van der Waals surface area contributed by atoms with Crippen LogP contribution in [-0.2, 0) is 26.2 Å². The molecule has 1 aliphatic rings. The van der Waals surface area contributed by atoms with Crippen molar-refractivity contribution < 1.29 is 0 Å². The number of nitrogens with zero attached hydrogens (tertiary/aromatic N) is 1. The fourth-order valence-electron chi connectivity index (χ4n) is 2.28. The van der Waals surface area contributed by atoms with Gasteiger partial charge in [-0.3, -0.25) is 0 Å². The SMILES string of the molecule is Cc1nc(CNCc2ccc3c(c2)CNC3)cs1. The highest BCUT2D eigenvalue weighted by molar-refractivity contribution is 7.09. The first kappa shape index (κ1) is 11.8. The number of aromatic nitrogens is 1. The van der Waals surface area contributed by atoms with Gasteiger partial charge in [-0.1, -0.05) is 18.2 Å². The summed E-state index contributed by atoms with van der Waals surface area (Å²) in [6.07, 6.45) is 0. The molecule has 0 atom stereocenters. The third-order valence-corrected chi connectivity index (χ3v) is 4.03. The van der Waals surface area contributed by atoms with Gasteiger partial charge in [0.05, 0.1) is 10.7 Å². The van der Waals surface area contributed by atoms with Crippen molar-refractivity contribution >= 4 is 11.3 Å². The number of benzene rings is 1. The molecule has 3 rings (SSSR count). The van der Waals surface area contributed by atoms with E-state index in [1.807, 2.05) is 6.92 Å². The zero-order chi connectivity index (χ0) is 12.4. The van der Waals surface area contributed by atoms with Crippen LogP contribution in [0.4, 0.5) is 0 Å². The van der Waals surface area contributed by atoms with Crippen LogP contribution < -0.4 is 10.6 Å². The lowest BCUT2D eigenvalue weighted by Crippen LogP contribution is -2.13. The average molecular weight is 259 g/mol. The van der Waals surface area contributed by atoms with Gasteiger partial charge in [0.25, 0.3) is 0 Å². The second-order valence-electron chi connectivity index (χ2n) is 4.67. The normalized spacial score (nSPS) is 13.8. The lowest BCUT2D eigenvalue weighted by Gasteiger charge is -2.05. The summed E-state index contributed by atoms with van der Waals surface area (Å²) in [6, 6.07) is 6.75. The number of hydrogen-bond acceptors (Lipinski definition) is 4. The van der Waals surface area contributed by atoms with Crippen LogP contribution in [0.15, 0.2) is 23.6 Å². The van der Waals surface area contributed by atoms with Gasteiger partial charge in [-0.25, -0.2) is 4.98 Å². The minimum atomic E-state index is 0.847. The predicted octanol–water partition coefficient (Wildman–Crippen LogP) is 2.34. The van der Waals surface area contributed by atoms with E-state index in [2.05, 4.69) is 39.2 Å². The minimum Gasteiger partial charge on any atom is -0.309 e. The topological polar surface area (TPSA) is 37.0 Å². The van der Waals surface area contributed by atoms with Crippen LogP contribution in [0, 0.1) is 6.92 Å². The van der Waals surface area contributed by atoms with Gasteiger partial charge in [0.15, 0.2) is 0 Å². The molecule has 1 aromatic carbocycles. The zero-order valence-electron chi connectivity index (χ0n) is 10.5. The molecule has 1 aliphatic heterocycles.